The topological polar surface area (TPSA) is 49.4 Å². The molecule has 7 heteroatoms. The Hall–Kier alpha value is -2.53. The smallest absolute Gasteiger partial charge is 0.243 e. The van der Waals surface area contributed by atoms with Crippen molar-refractivity contribution in [2.75, 3.05) is 6.54 Å². The standard InChI is InChI=1S/C27H27Cl3N2O2/c1-2-15-31-27(34)25(16-19-7-4-3-5-8-19)32(18-22-23(29)9-6-10-24(22)30)26(33)17-20-11-13-21(28)14-12-20/h3-14,25H,2,15-18H2,1H3,(H,31,34). The second kappa shape index (κ2) is 12.8. The van der Waals surface area contributed by atoms with Crippen molar-refractivity contribution in [3.8, 4) is 0 Å². The minimum atomic E-state index is -0.735. The predicted molar refractivity (Wildman–Crippen MR) is 139 cm³/mol. The Morgan fingerprint density at radius 3 is 2.12 bits per heavy atom. The maximum atomic E-state index is 13.7. The van der Waals surface area contributed by atoms with Gasteiger partial charge < -0.3 is 10.2 Å². The molecule has 178 valence electrons. The zero-order valence-corrected chi connectivity index (χ0v) is 21.2. The van der Waals surface area contributed by atoms with Crippen molar-refractivity contribution in [2.24, 2.45) is 0 Å². The van der Waals surface area contributed by atoms with Gasteiger partial charge in [0.15, 0.2) is 0 Å². The molecule has 0 spiro atoms. The van der Waals surface area contributed by atoms with E-state index in [0.29, 0.717) is 33.6 Å². The Kier molecular flexibility index (Phi) is 9.82. The van der Waals surface area contributed by atoms with Gasteiger partial charge in [-0.15, -0.1) is 0 Å². The van der Waals surface area contributed by atoms with E-state index >= 15 is 0 Å². The molecule has 0 aliphatic carbocycles. The summed E-state index contributed by atoms with van der Waals surface area (Å²) >= 11 is 18.9. The molecule has 2 amide bonds. The number of halogens is 3. The Morgan fingerprint density at radius 2 is 1.50 bits per heavy atom. The molecule has 0 aromatic heterocycles. The maximum Gasteiger partial charge on any atom is 0.243 e. The van der Waals surface area contributed by atoms with Crippen molar-refractivity contribution < 1.29 is 9.59 Å². The average molecular weight is 518 g/mol. The number of hydrogen-bond acceptors (Lipinski definition) is 2. The van der Waals surface area contributed by atoms with Crippen LogP contribution >= 0.6 is 34.8 Å². The lowest BCUT2D eigenvalue weighted by atomic mass is 10.0. The maximum absolute atomic E-state index is 13.7. The zero-order chi connectivity index (χ0) is 24.5. The highest BCUT2D eigenvalue weighted by atomic mass is 35.5. The van der Waals surface area contributed by atoms with Gasteiger partial charge in [-0.2, -0.15) is 0 Å². The van der Waals surface area contributed by atoms with E-state index in [9.17, 15) is 9.59 Å². The number of benzene rings is 3. The van der Waals surface area contributed by atoms with Crippen LogP contribution in [0.1, 0.15) is 30.0 Å². The molecule has 1 unspecified atom stereocenters. The fourth-order valence-corrected chi connectivity index (χ4v) is 4.30. The lowest BCUT2D eigenvalue weighted by Gasteiger charge is -2.32. The summed E-state index contributed by atoms with van der Waals surface area (Å²) in [4.78, 5) is 28.6. The molecule has 0 radical (unpaired) electrons. The lowest BCUT2D eigenvalue weighted by Crippen LogP contribution is -2.51. The normalized spacial score (nSPS) is 11.6. The summed E-state index contributed by atoms with van der Waals surface area (Å²) < 4.78 is 0. The van der Waals surface area contributed by atoms with Crippen molar-refractivity contribution in [3.63, 3.8) is 0 Å². The fourth-order valence-electron chi connectivity index (χ4n) is 3.65. The summed E-state index contributed by atoms with van der Waals surface area (Å²) in [6, 6.07) is 21.2. The van der Waals surface area contributed by atoms with Gasteiger partial charge in [0.1, 0.15) is 6.04 Å². The summed E-state index contributed by atoms with van der Waals surface area (Å²) in [7, 11) is 0. The number of amides is 2. The molecule has 34 heavy (non-hydrogen) atoms. The summed E-state index contributed by atoms with van der Waals surface area (Å²) in [5.74, 6) is -0.413. The Morgan fingerprint density at radius 1 is 0.853 bits per heavy atom. The van der Waals surface area contributed by atoms with E-state index in [-0.39, 0.29) is 24.8 Å². The molecule has 1 N–H and O–H groups in total. The van der Waals surface area contributed by atoms with Gasteiger partial charge in [-0.05, 0) is 41.8 Å². The first-order chi connectivity index (χ1) is 16.4. The SMILES string of the molecule is CCCNC(=O)C(Cc1ccccc1)N(Cc1c(Cl)cccc1Cl)C(=O)Cc1ccc(Cl)cc1. The molecule has 0 aliphatic heterocycles. The molecule has 0 heterocycles. The van der Waals surface area contributed by atoms with Crippen molar-refractivity contribution in [3.05, 3.63) is 105 Å². The monoisotopic (exact) mass is 516 g/mol. The van der Waals surface area contributed by atoms with Crippen LogP contribution in [0.4, 0.5) is 0 Å². The van der Waals surface area contributed by atoms with Crippen molar-refractivity contribution >= 4 is 46.6 Å². The second-order valence-corrected chi connectivity index (χ2v) is 9.27. The first-order valence-corrected chi connectivity index (χ1v) is 12.3. The van der Waals surface area contributed by atoms with Crippen molar-refractivity contribution in [1.29, 1.82) is 0 Å². The van der Waals surface area contributed by atoms with Gasteiger partial charge in [-0.1, -0.05) is 90.3 Å². The molecule has 0 saturated heterocycles. The number of carbonyl (C=O) groups excluding carboxylic acids is 2. The van der Waals surface area contributed by atoms with Gasteiger partial charge in [0, 0.05) is 40.1 Å². The van der Waals surface area contributed by atoms with Gasteiger partial charge in [0.05, 0.1) is 6.42 Å². The van der Waals surface area contributed by atoms with Gasteiger partial charge in [-0.25, -0.2) is 0 Å². The molecule has 4 nitrogen and oxygen atoms in total. The highest BCUT2D eigenvalue weighted by Gasteiger charge is 2.31. The highest BCUT2D eigenvalue weighted by molar-refractivity contribution is 6.36. The third-order valence-electron chi connectivity index (χ3n) is 5.48. The summed E-state index contributed by atoms with van der Waals surface area (Å²) in [5, 5.41) is 4.45. The second-order valence-electron chi connectivity index (χ2n) is 8.02. The molecule has 3 aromatic carbocycles. The number of hydrogen-bond donors (Lipinski definition) is 1. The summed E-state index contributed by atoms with van der Waals surface area (Å²) in [6.45, 7) is 2.62. The molecule has 0 fully saturated rings. The van der Waals surface area contributed by atoms with Gasteiger partial charge >= 0.3 is 0 Å². The Labute approximate surface area is 215 Å². The summed E-state index contributed by atoms with van der Waals surface area (Å²) in [5.41, 5.74) is 2.36. The van der Waals surface area contributed by atoms with Crippen LogP contribution in [0.5, 0.6) is 0 Å². The van der Waals surface area contributed by atoms with E-state index in [2.05, 4.69) is 5.32 Å². The minimum Gasteiger partial charge on any atom is -0.354 e. The van der Waals surface area contributed by atoms with Crippen LogP contribution in [0.25, 0.3) is 0 Å². The first kappa shape index (κ1) is 26.1. The van der Waals surface area contributed by atoms with Crippen molar-refractivity contribution in [1.82, 2.24) is 10.2 Å². The van der Waals surface area contributed by atoms with Crippen LogP contribution in [-0.2, 0) is 29.0 Å². The van der Waals surface area contributed by atoms with Crippen LogP contribution < -0.4 is 5.32 Å². The largest absolute Gasteiger partial charge is 0.354 e. The summed E-state index contributed by atoms with van der Waals surface area (Å²) in [6.07, 6.45) is 1.27. The Bertz CT molecular complexity index is 1080. The molecule has 0 saturated carbocycles. The molecule has 3 aromatic rings. The van der Waals surface area contributed by atoms with E-state index in [1.54, 1.807) is 35.2 Å². The average Bonchev–Trinajstić information content (AvgIpc) is 2.83. The van der Waals surface area contributed by atoms with Crippen LogP contribution in [-0.4, -0.2) is 29.3 Å². The quantitative estimate of drug-likeness (QED) is 0.340. The van der Waals surface area contributed by atoms with Crippen LogP contribution in [0.2, 0.25) is 15.1 Å². The van der Waals surface area contributed by atoms with E-state index in [1.165, 1.54) is 0 Å². The number of carbonyl (C=O) groups is 2. The van der Waals surface area contributed by atoms with E-state index in [0.717, 1.165) is 17.5 Å². The molecule has 1 atom stereocenters. The number of nitrogens with zero attached hydrogens (tertiary/aromatic N) is 1. The van der Waals surface area contributed by atoms with E-state index < -0.39 is 6.04 Å². The third kappa shape index (κ3) is 7.23. The van der Waals surface area contributed by atoms with Crippen LogP contribution in [0.3, 0.4) is 0 Å². The Balaban J connectivity index is 1.99. The predicted octanol–water partition coefficient (Wildman–Crippen LogP) is 6.36. The van der Waals surface area contributed by atoms with Gasteiger partial charge in [0.2, 0.25) is 11.8 Å². The fraction of sp³-hybridized carbons (Fsp3) is 0.259. The van der Waals surface area contributed by atoms with Gasteiger partial charge in [0.25, 0.3) is 0 Å². The zero-order valence-electron chi connectivity index (χ0n) is 18.9. The third-order valence-corrected chi connectivity index (χ3v) is 6.44. The molecule has 0 aliphatic rings. The van der Waals surface area contributed by atoms with Crippen LogP contribution in [0, 0.1) is 0 Å². The van der Waals surface area contributed by atoms with Crippen LogP contribution in [0.15, 0.2) is 72.8 Å². The number of nitrogens with one attached hydrogen (secondary N) is 1. The lowest BCUT2D eigenvalue weighted by molar-refractivity contribution is -0.140. The van der Waals surface area contributed by atoms with Crippen molar-refractivity contribution in [2.45, 2.75) is 38.8 Å². The number of rotatable bonds is 10. The minimum absolute atomic E-state index is 0.113. The molecular weight excluding hydrogens is 491 g/mol. The van der Waals surface area contributed by atoms with Gasteiger partial charge in [-0.3, -0.25) is 9.59 Å². The molecule has 0 bridgehead atoms. The molecule has 3 rings (SSSR count). The first-order valence-electron chi connectivity index (χ1n) is 11.2. The highest BCUT2D eigenvalue weighted by Crippen LogP contribution is 2.27. The van der Waals surface area contributed by atoms with E-state index in [4.69, 9.17) is 34.8 Å². The van der Waals surface area contributed by atoms with E-state index in [1.807, 2.05) is 49.4 Å². The molecular formula is C27H27Cl3N2O2.